The van der Waals surface area contributed by atoms with Crippen molar-refractivity contribution in [2.24, 2.45) is 15.9 Å². The third kappa shape index (κ3) is 6.02. The van der Waals surface area contributed by atoms with Gasteiger partial charge in [-0.05, 0) is 111 Å². The van der Waals surface area contributed by atoms with Crippen LogP contribution in [0.4, 0.5) is 8.78 Å². The number of aromatic nitrogens is 3. The summed E-state index contributed by atoms with van der Waals surface area (Å²) in [4.78, 5) is 24.0. The lowest BCUT2D eigenvalue weighted by atomic mass is 9.89. The van der Waals surface area contributed by atoms with Crippen molar-refractivity contribution in [2.45, 2.75) is 6.42 Å². The predicted octanol–water partition coefficient (Wildman–Crippen LogP) is 13.2. The Balaban J connectivity index is 1.02. The van der Waals surface area contributed by atoms with Crippen molar-refractivity contribution in [1.29, 1.82) is 0 Å². The van der Waals surface area contributed by atoms with Gasteiger partial charge in [0.25, 0.3) is 0 Å². The molecule has 0 N–H and O–H groups in total. The van der Waals surface area contributed by atoms with Crippen molar-refractivity contribution < 1.29 is 8.78 Å². The number of hydrogen-bond donors (Lipinski definition) is 0. The molecule has 0 saturated carbocycles. The Labute approximate surface area is 343 Å². The summed E-state index contributed by atoms with van der Waals surface area (Å²) in [7, 11) is 0. The lowest BCUT2D eigenvalue weighted by Crippen LogP contribution is -2.18. The van der Waals surface area contributed by atoms with Gasteiger partial charge >= 0.3 is 0 Å². The van der Waals surface area contributed by atoms with Crippen LogP contribution in [0.3, 0.4) is 0 Å². The normalized spacial score (nSPS) is 15.8. The third-order valence-corrected chi connectivity index (χ3v) is 11.6. The van der Waals surface area contributed by atoms with Gasteiger partial charge in [0.15, 0.2) is 0 Å². The van der Waals surface area contributed by atoms with Gasteiger partial charge in [-0.3, -0.25) is 15.0 Å². The molecule has 1 aliphatic heterocycles. The molecular formula is C53H33F2N5. The van der Waals surface area contributed by atoms with Gasteiger partial charge in [-0.1, -0.05) is 97.6 Å². The topological polar surface area (TPSA) is 63.4 Å². The smallest absolute Gasteiger partial charge is 0.139 e. The van der Waals surface area contributed by atoms with Crippen LogP contribution in [0.25, 0.3) is 76.7 Å². The molecule has 4 heterocycles. The van der Waals surface area contributed by atoms with Crippen molar-refractivity contribution in [3.8, 4) is 11.1 Å². The van der Waals surface area contributed by atoms with E-state index in [4.69, 9.17) is 15.0 Å². The molecular weight excluding hydrogens is 745 g/mol. The van der Waals surface area contributed by atoms with Gasteiger partial charge in [-0.15, -0.1) is 0 Å². The molecule has 1 unspecified atom stereocenters. The number of halogens is 2. The molecule has 0 fully saturated rings. The Morgan fingerprint density at radius 3 is 2.00 bits per heavy atom. The molecule has 7 heteroatoms. The summed E-state index contributed by atoms with van der Waals surface area (Å²) in [6.07, 6.45) is 11.0. The fraction of sp³-hybridized carbons (Fsp3) is 0.0377. The Morgan fingerprint density at radius 2 is 1.18 bits per heavy atom. The highest BCUT2D eigenvalue weighted by molar-refractivity contribution is 6.21. The van der Waals surface area contributed by atoms with Crippen LogP contribution in [0.1, 0.15) is 23.1 Å². The van der Waals surface area contributed by atoms with E-state index >= 15 is 8.78 Å². The number of amidine groups is 1. The summed E-state index contributed by atoms with van der Waals surface area (Å²) in [6, 6.07) is 43.2. The number of allylic oxidation sites excluding steroid dienone is 5. The van der Waals surface area contributed by atoms with Crippen molar-refractivity contribution >= 4 is 77.1 Å². The average molecular weight is 778 g/mol. The number of nitrogens with zero attached hydrogens (tertiary/aromatic N) is 5. The zero-order chi connectivity index (χ0) is 40.3. The van der Waals surface area contributed by atoms with Gasteiger partial charge in [0.1, 0.15) is 17.5 Å². The van der Waals surface area contributed by atoms with E-state index in [0.29, 0.717) is 22.5 Å². The minimum Gasteiger partial charge on any atom is -0.256 e. The summed E-state index contributed by atoms with van der Waals surface area (Å²) >= 11 is 0. The minimum absolute atomic E-state index is 0.233. The van der Waals surface area contributed by atoms with E-state index in [0.717, 1.165) is 76.5 Å². The molecule has 60 heavy (non-hydrogen) atoms. The number of rotatable bonds is 5. The van der Waals surface area contributed by atoms with E-state index < -0.39 is 17.6 Å². The Morgan fingerprint density at radius 1 is 0.517 bits per heavy atom. The second-order valence-corrected chi connectivity index (χ2v) is 15.2. The van der Waals surface area contributed by atoms with Crippen molar-refractivity contribution in [3.05, 3.63) is 211 Å². The van der Waals surface area contributed by atoms with Crippen LogP contribution < -0.4 is 0 Å². The van der Waals surface area contributed by atoms with Gasteiger partial charge in [0.05, 0.1) is 33.9 Å². The van der Waals surface area contributed by atoms with E-state index in [9.17, 15) is 0 Å². The first-order valence-corrected chi connectivity index (χ1v) is 19.8. The summed E-state index contributed by atoms with van der Waals surface area (Å²) in [6.45, 7) is 4.38. The molecule has 6 aromatic carbocycles. The Hall–Kier alpha value is -7.77. The van der Waals surface area contributed by atoms with E-state index in [1.807, 2.05) is 115 Å². The zero-order valence-electron chi connectivity index (χ0n) is 32.1. The second-order valence-electron chi connectivity index (χ2n) is 15.2. The first kappa shape index (κ1) is 35.4. The first-order chi connectivity index (χ1) is 29.5. The van der Waals surface area contributed by atoms with Gasteiger partial charge in [-0.25, -0.2) is 18.8 Å². The fourth-order valence-corrected chi connectivity index (χ4v) is 8.61. The van der Waals surface area contributed by atoms with E-state index in [1.54, 1.807) is 30.7 Å². The third-order valence-electron chi connectivity index (χ3n) is 11.6. The molecule has 2 aliphatic rings. The summed E-state index contributed by atoms with van der Waals surface area (Å²) < 4.78 is 33.6. The van der Waals surface area contributed by atoms with E-state index in [2.05, 4.69) is 34.7 Å². The van der Waals surface area contributed by atoms with Gasteiger partial charge in [-0.2, -0.15) is 0 Å². The maximum Gasteiger partial charge on any atom is 0.139 e. The number of benzene rings is 6. The standard InChI is InChI=1S/C53H33F2N5/c1-31-25-48(37-17-16-32-9-2-3-10-33(32)26-37)59-53(43-21-19-36(30-47(43)55)45-28-38-12-6-22-56-50(38)52-41(45)15-8-24-58-52)60-49(31)42-20-18-35(29-46(42)54)44-27-34-11-4-5-13-39(34)51-40(44)14-7-23-57-51/h2-20,22-30,43H,1,21H2. The molecule has 0 spiro atoms. The molecule has 5 nitrogen and oxygen atoms in total. The number of aliphatic imine (C=N–C) groups is 2. The Kier molecular flexibility index (Phi) is 8.41. The Bertz CT molecular complexity index is 3470. The van der Waals surface area contributed by atoms with Crippen LogP contribution in [-0.4, -0.2) is 26.5 Å². The van der Waals surface area contributed by atoms with Crippen molar-refractivity contribution in [2.75, 3.05) is 0 Å². The van der Waals surface area contributed by atoms with Crippen LogP contribution in [0, 0.1) is 11.7 Å². The van der Waals surface area contributed by atoms with Crippen molar-refractivity contribution in [3.63, 3.8) is 0 Å². The quantitative estimate of drug-likeness (QED) is 0.164. The second kappa shape index (κ2) is 14.3. The highest BCUT2D eigenvalue weighted by Gasteiger charge is 2.29. The molecule has 1 aliphatic carbocycles. The lowest BCUT2D eigenvalue weighted by molar-refractivity contribution is 0.539. The monoisotopic (exact) mass is 777 g/mol. The number of fused-ring (bicyclic) bond motifs is 7. The van der Waals surface area contributed by atoms with Gasteiger partial charge in [0.2, 0.25) is 0 Å². The van der Waals surface area contributed by atoms with Gasteiger partial charge in [0, 0.05) is 51.3 Å². The summed E-state index contributed by atoms with van der Waals surface area (Å²) in [5.41, 5.74) is 7.95. The zero-order valence-corrected chi connectivity index (χ0v) is 32.1. The van der Waals surface area contributed by atoms with Crippen LogP contribution in [0.5, 0.6) is 0 Å². The molecule has 0 amide bonds. The molecule has 3 aromatic heterocycles. The van der Waals surface area contributed by atoms with E-state index in [-0.39, 0.29) is 17.8 Å². The molecule has 9 aromatic rings. The maximum atomic E-state index is 16.9. The van der Waals surface area contributed by atoms with Gasteiger partial charge < -0.3 is 0 Å². The molecule has 0 radical (unpaired) electrons. The summed E-state index contributed by atoms with van der Waals surface area (Å²) in [5.74, 6) is -1.47. The molecule has 284 valence electrons. The molecule has 11 rings (SSSR count). The van der Waals surface area contributed by atoms with Crippen molar-refractivity contribution in [1.82, 2.24) is 15.0 Å². The SMILES string of the molecule is C=C1C=C(c2ccc3ccccc3c2)N=C(C2CC=C(c3cc4cccnc4c4ncccc34)C=C2F)N=C1c1ccc(-c2cc3ccccc3c3ncccc23)cc1F. The maximum absolute atomic E-state index is 16.9. The van der Waals surface area contributed by atoms with Crippen LogP contribution in [0.15, 0.2) is 198 Å². The lowest BCUT2D eigenvalue weighted by Gasteiger charge is -2.20. The van der Waals surface area contributed by atoms with Crippen LogP contribution in [-0.2, 0) is 0 Å². The minimum atomic E-state index is -0.830. The summed E-state index contributed by atoms with van der Waals surface area (Å²) in [5, 5.41) is 6.89. The largest absolute Gasteiger partial charge is 0.256 e. The molecule has 0 saturated heterocycles. The highest BCUT2D eigenvalue weighted by Crippen LogP contribution is 2.39. The number of hydrogen-bond acceptors (Lipinski definition) is 5. The predicted molar refractivity (Wildman–Crippen MR) is 242 cm³/mol. The molecule has 1 atom stereocenters. The van der Waals surface area contributed by atoms with E-state index in [1.165, 1.54) is 6.07 Å². The molecule has 0 bridgehead atoms. The van der Waals surface area contributed by atoms with Crippen LogP contribution >= 0.6 is 0 Å². The number of pyridine rings is 3. The van der Waals surface area contributed by atoms with Crippen LogP contribution in [0.2, 0.25) is 0 Å². The fourth-order valence-electron chi connectivity index (χ4n) is 8.61. The average Bonchev–Trinajstić information content (AvgIpc) is 3.46. The highest BCUT2D eigenvalue weighted by atomic mass is 19.1. The first-order valence-electron chi connectivity index (χ1n) is 19.8.